The lowest BCUT2D eigenvalue weighted by Gasteiger charge is -2.11. The average Bonchev–Trinajstić information content (AvgIpc) is 2.67. The van der Waals surface area contributed by atoms with E-state index in [9.17, 15) is 18.0 Å². The van der Waals surface area contributed by atoms with E-state index in [1.807, 2.05) is 24.3 Å². The summed E-state index contributed by atoms with van der Waals surface area (Å²) in [5.41, 5.74) is 0.375. The largest absolute Gasteiger partial charge is 0.462 e. The Bertz CT molecular complexity index is 1140. The van der Waals surface area contributed by atoms with Gasteiger partial charge in [0.2, 0.25) is 5.91 Å². The highest BCUT2D eigenvalue weighted by atomic mass is 32.2. The van der Waals surface area contributed by atoms with E-state index in [0.717, 1.165) is 10.8 Å². The van der Waals surface area contributed by atoms with Crippen LogP contribution in [0.4, 0.5) is 5.69 Å². The molecule has 6 nitrogen and oxygen atoms in total. The molecule has 28 heavy (non-hydrogen) atoms. The second-order valence-electron chi connectivity index (χ2n) is 6.08. The number of ether oxygens (including phenoxy) is 1. The van der Waals surface area contributed by atoms with Crippen LogP contribution in [-0.4, -0.2) is 32.7 Å². The topological polar surface area (TPSA) is 89.5 Å². The number of amides is 1. The van der Waals surface area contributed by atoms with Crippen molar-refractivity contribution >= 4 is 38.2 Å². The van der Waals surface area contributed by atoms with Crippen LogP contribution in [-0.2, 0) is 19.4 Å². The van der Waals surface area contributed by atoms with Gasteiger partial charge in [-0.2, -0.15) is 0 Å². The monoisotopic (exact) mass is 397 g/mol. The van der Waals surface area contributed by atoms with E-state index < -0.39 is 27.5 Å². The Morgan fingerprint density at radius 2 is 1.61 bits per heavy atom. The molecule has 0 atom stereocenters. The molecule has 7 heteroatoms. The molecule has 0 saturated carbocycles. The van der Waals surface area contributed by atoms with Gasteiger partial charge in [0.1, 0.15) is 5.75 Å². The molecule has 3 aromatic rings. The number of benzene rings is 3. The van der Waals surface area contributed by atoms with Crippen molar-refractivity contribution in [3.63, 3.8) is 0 Å². The molecule has 1 N–H and O–H groups in total. The highest BCUT2D eigenvalue weighted by Gasteiger charge is 2.21. The van der Waals surface area contributed by atoms with Gasteiger partial charge in [-0.25, -0.2) is 13.2 Å². The van der Waals surface area contributed by atoms with E-state index in [-0.39, 0.29) is 22.8 Å². The Morgan fingerprint density at radius 1 is 0.929 bits per heavy atom. The van der Waals surface area contributed by atoms with Crippen LogP contribution in [0.1, 0.15) is 17.3 Å². The summed E-state index contributed by atoms with van der Waals surface area (Å²) in [4.78, 5) is 24.4. The summed E-state index contributed by atoms with van der Waals surface area (Å²) in [5, 5.41) is 4.18. The third-order valence-corrected chi connectivity index (χ3v) is 5.71. The van der Waals surface area contributed by atoms with Crippen molar-refractivity contribution in [3.05, 3.63) is 72.3 Å². The van der Waals surface area contributed by atoms with E-state index in [1.54, 1.807) is 31.2 Å². The van der Waals surface area contributed by atoms with Crippen molar-refractivity contribution in [2.24, 2.45) is 0 Å². The number of anilines is 1. The smallest absolute Gasteiger partial charge is 0.340 e. The van der Waals surface area contributed by atoms with Crippen molar-refractivity contribution in [1.82, 2.24) is 0 Å². The van der Waals surface area contributed by atoms with Gasteiger partial charge in [0.25, 0.3) is 0 Å². The first-order chi connectivity index (χ1) is 13.4. The zero-order valence-corrected chi connectivity index (χ0v) is 16.0. The van der Waals surface area contributed by atoms with Crippen molar-refractivity contribution < 1.29 is 22.7 Å². The molecule has 0 unspecified atom stereocenters. The first-order valence-corrected chi connectivity index (χ1v) is 10.3. The van der Waals surface area contributed by atoms with Crippen LogP contribution < -0.4 is 5.32 Å². The van der Waals surface area contributed by atoms with Gasteiger partial charge in [0.05, 0.1) is 22.8 Å². The maximum atomic E-state index is 12.6. The number of nitrogens with one attached hydrogen (secondary N) is 1. The van der Waals surface area contributed by atoms with Gasteiger partial charge in [-0.05, 0) is 42.0 Å². The lowest BCUT2D eigenvalue weighted by Crippen LogP contribution is -2.24. The number of sulfone groups is 1. The molecule has 0 bridgehead atoms. The van der Waals surface area contributed by atoms with E-state index in [1.165, 1.54) is 18.2 Å². The van der Waals surface area contributed by atoms with E-state index in [2.05, 4.69) is 5.32 Å². The molecule has 0 aliphatic rings. The number of hydrogen-bond donors (Lipinski definition) is 1. The molecule has 0 spiro atoms. The third kappa shape index (κ3) is 4.37. The SMILES string of the molecule is CCOC(=O)c1ccccc1NC(=O)CS(=O)(=O)c1ccc2ccccc2c1. The maximum absolute atomic E-state index is 12.6. The zero-order chi connectivity index (χ0) is 20.1. The van der Waals surface area contributed by atoms with Gasteiger partial charge in [0, 0.05) is 0 Å². The molecule has 3 aromatic carbocycles. The summed E-state index contributed by atoms with van der Waals surface area (Å²) >= 11 is 0. The summed E-state index contributed by atoms with van der Waals surface area (Å²) in [6.45, 7) is 1.87. The van der Waals surface area contributed by atoms with Crippen molar-refractivity contribution in [2.75, 3.05) is 17.7 Å². The maximum Gasteiger partial charge on any atom is 0.340 e. The molecule has 0 heterocycles. The van der Waals surface area contributed by atoms with Crippen molar-refractivity contribution in [3.8, 4) is 0 Å². The van der Waals surface area contributed by atoms with E-state index >= 15 is 0 Å². The molecule has 144 valence electrons. The number of hydrogen-bond acceptors (Lipinski definition) is 5. The van der Waals surface area contributed by atoms with Gasteiger partial charge in [-0.1, -0.05) is 42.5 Å². The second-order valence-corrected chi connectivity index (χ2v) is 8.07. The van der Waals surface area contributed by atoms with Crippen LogP contribution in [0.5, 0.6) is 0 Å². The summed E-state index contributed by atoms with van der Waals surface area (Å²) in [6, 6.07) is 18.4. The number of esters is 1. The van der Waals surface area contributed by atoms with Gasteiger partial charge >= 0.3 is 5.97 Å². The summed E-state index contributed by atoms with van der Waals surface area (Å²) in [6.07, 6.45) is 0. The first kappa shape index (κ1) is 19.6. The average molecular weight is 397 g/mol. The first-order valence-electron chi connectivity index (χ1n) is 8.68. The molecule has 3 rings (SSSR count). The van der Waals surface area contributed by atoms with Gasteiger partial charge in [-0.3, -0.25) is 4.79 Å². The molecule has 0 aliphatic heterocycles. The Morgan fingerprint density at radius 3 is 2.36 bits per heavy atom. The minimum atomic E-state index is -3.84. The molecule has 0 fully saturated rings. The third-order valence-electron chi connectivity index (χ3n) is 4.10. The fourth-order valence-corrected chi connectivity index (χ4v) is 3.95. The predicted molar refractivity (Wildman–Crippen MR) is 107 cm³/mol. The van der Waals surface area contributed by atoms with Crippen LogP contribution >= 0.6 is 0 Å². The normalized spacial score (nSPS) is 11.2. The van der Waals surface area contributed by atoms with Gasteiger partial charge in [-0.15, -0.1) is 0 Å². The number of fused-ring (bicyclic) bond motifs is 1. The molecule has 0 saturated heterocycles. The molecular weight excluding hydrogens is 378 g/mol. The van der Waals surface area contributed by atoms with Crippen LogP contribution in [0.25, 0.3) is 10.8 Å². The number of carbonyl (C=O) groups is 2. The number of rotatable bonds is 6. The lowest BCUT2D eigenvalue weighted by atomic mass is 10.1. The Kier molecular flexibility index (Phi) is 5.75. The van der Waals surface area contributed by atoms with E-state index in [0.29, 0.717) is 0 Å². The Balaban J connectivity index is 1.79. The second kappa shape index (κ2) is 8.22. The fourth-order valence-electron chi connectivity index (χ4n) is 2.78. The summed E-state index contributed by atoms with van der Waals surface area (Å²) in [7, 11) is -3.84. The van der Waals surface area contributed by atoms with E-state index in [4.69, 9.17) is 4.74 Å². The molecule has 0 aliphatic carbocycles. The summed E-state index contributed by atoms with van der Waals surface area (Å²) in [5.74, 6) is -2.05. The molecule has 0 aromatic heterocycles. The predicted octanol–water partition coefficient (Wildman–Crippen LogP) is 3.43. The molecule has 1 amide bonds. The highest BCUT2D eigenvalue weighted by molar-refractivity contribution is 7.92. The molecular formula is C21H19NO5S. The van der Waals surface area contributed by atoms with Gasteiger partial charge in [0.15, 0.2) is 9.84 Å². The van der Waals surface area contributed by atoms with Crippen LogP contribution in [0.15, 0.2) is 71.6 Å². The molecule has 0 radical (unpaired) electrons. The highest BCUT2D eigenvalue weighted by Crippen LogP contribution is 2.21. The minimum absolute atomic E-state index is 0.0695. The summed E-state index contributed by atoms with van der Waals surface area (Å²) < 4.78 is 30.2. The van der Waals surface area contributed by atoms with Crippen molar-refractivity contribution in [2.45, 2.75) is 11.8 Å². The number of para-hydroxylation sites is 1. The standard InChI is InChI=1S/C21H19NO5S/c1-2-27-21(24)18-9-5-6-10-19(18)22-20(23)14-28(25,26)17-12-11-15-7-3-4-8-16(15)13-17/h3-13H,2,14H2,1H3,(H,22,23). The Hall–Kier alpha value is -3.19. The quantitative estimate of drug-likeness (QED) is 0.644. The Labute approximate surface area is 163 Å². The minimum Gasteiger partial charge on any atom is -0.462 e. The van der Waals surface area contributed by atoms with Crippen LogP contribution in [0.3, 0.4) is 0 Å². The number of carbonyl (C=O) groups excluding carboxylic acids is 2. The zero-order valence-electron chi connectivity index (χ0n) is 15.2. The fraction of sp³-hybridized carbons (Fsp3) is 0.143. The van der Waals surface area contributed by atoms with Gasteiger partial charge < -0.3 is 10.1 Å². The van der Waals surface area contributed by atoms with Crippen molar-refractivity contribution in [1.29, 1.82) is 0 Å². The lowest BCUT2D eigenvalue weighted by molar-refractivity contribution is -0.113. The van der Waals surface area contributed by atoms with Crippen LogP contribution in [0.2, 0.25) is 0 Å². The van der Waals surface area contributed by atoms with Crippen LogP contribution in [0, 0.1) is 0 Å².